The molecule has 0 aromatic heterocycles. The Kier molecular flexibility index (Phi) is 6.76. The second-order valence-corrected chi connectivity index (χ2v) is 7.69. The fraction of sp³-hybridized carbons (Fsp3) is 0.600. The molecular weight excluding hydrogens is 382 g/mol. The van der Waals surface area contributed by atoms with E-state index in [1.165, 1.54) is 0 Å². The van der Waals surface area contributed by atoms with E-state index in [2.05, 4.69) is 5.16 Å². The number of likely N-dealkylation sites (tertiary alicyclic amines) is 1. The van der Waals surface area contributed by atoms with Crippen LogP contribution in [0.15, 0.2) is 17.3 Å². The topological polar surface area (TPSA) is 80.4 Å². The molecule has 2 fully saturated rings. The molecule has 160 valence electrons. The molecule has 0 unspecified atom stereocenters. The van der Waals surface area contributed by atoms with Crippen molar-refractivity contribution in [2.24, 2.45) is 5.16 Å². The van der Waals surface area contributed by atoms with Crippen molar-refractivity contribution in [1.29, 1.82) is 0 Å². The molecule has 1 aromatic rings. The lowest BCUT2D eigenvalue weighted by Crippen LogP contribution is -2.41. The van der Waals surface area contributed by atoms with Crippen molar-refractivity contribution in [3.05, 3.63) is 23.8 Å². The Morgan fingerprint density at radius 1 is 1.14 bits per heavy atom. The Labute approximate surface area is 169 Å². The van der Waals surface area contributed by atoms with E-state index in [-0.39, 0.29) is 29.7 Å². The van der Waals surface area contributed by atoms with Gasteiger partial charge >= 0.3 is 6.09 Å². The van der Waals surface area contributed by atoms with E-state index in [1.54, 1.807) is 9.80 Å². The molecule has 0 bridgehead atoms. The van der Waals surface area contributed by atoms with Gasteiger partial charge in [-0.25, -0.2) is 13.6 Å². The zero-order valence-electron chi connectivity index (χ0n) is 16.9. The van der Waals surface area contributed by atoms with E-state index in [9.17, 15) is 13.6 Å². The van der Waals surface area contributed by atoms with Crippen LogP contribution in [-0.2, 0) is 9.57 Å². The van der Waals surface area contributed by atoms with Gasteiger partial charge in [0.05, 0.1) is 23.2 Å². The van der Waals surface area contributed by atoms with Gasteiger partial charge in [-0.2, -0.15) is 0 Å². The Morgan fingerprint density at radius 2 is 1.79 bits per heavy atom. The third kappa shape index (κ3) is 5.48. The molecule has 0 radical (unpaired) electrons. The molecule has 2 aliphatic heterocycles. The average Bonchev–Trinajstić information content (AvgIpc) is 2.69. The first kappa shape index (κ1) is 21.1. The molecule has 2 N–H and O–H groups in total. The third-order valence-electron chi connectivity index (χ3n) is 5.12. The number of nitrogens with zero attached hydrogens (tertiary/aromatic N) is 3. The number of carbonyl (C=O) groups excluding carboxylic acids is 1. The molecule has 2 aliphatic rings. The van der Waals surface area contributed by atoms with Crippen molar-refractivity contribution >= 4 is 23.2 Å². The number of amides is 1. The maximum Gasteiger partial charge on any atom is 0.410 e. The van der Waals surface area contributed by atoms with Crippen molar-refractivity contribution in [3.63, 3.8) is 0 Å². The molecule has 0 atom stereocenters. The summed E-state index contributed by atoms with van der Waals surface area (Å²) in [5.41, 5.74) is 6.33. The minimum Gasteiger partial charge on any atom is -0.447 e. The van der Waals surface area contributed by atoms with Gasteiger partial charge < -0.3 is 25.1 Å². The lowest BCUT2D eigenvalue weighted by Gasteiger charge is -2.32. The van der Waals surface area contributed by atoms with Gasteiger partial charge in [-0.05, 0) is 13.8 Å². The molecule has 0 spiro atoms. The predicted octanol–water partition coefficient (Wildman–Crippen LogP) is 3.53. The monoisotopic (exact) mass is 410 g/mol. The van der Waals surface area contributed by atoms with E-state index in [4.69, 9.17) is 15.3 Å². The Bertz CT molecular complexity index is 754. The molecule has 2 heterocycles. The summed E-state index contributed by atoms with van der Waals surface area (Å²) in [6.07, 6.45) is 2.18. The summed E-state index contributed by atoms with van der Waals surface area (Å²) in [5, 5.41) is 4.27. The lowest BCUT2D eigenvalue weighted by molar-refractivity contribution is 0.00415. The lowest BCUT2D eigenvalue weighted by atomic mass is 10.1. The van der Waals surface area contributed by atoms with Crippen molar-refractivity contribution in [3.8, 4) is 0 Å². The fourth-order valence-corrected chi connectivity index (χ4v) is 3.46. The number of piperidine rings is 2. The Hall–Kier alpha value is -2.58. The predicted molar refractivity (Wildman–Crippen MR) is 107 cm³/mol. The number of ether oxygens (including phenoxy) is 1. The quantitative estimate of drug-likeness (QED) is 0.607. The maximum absolute atomic E-state index is 14.1. The number of anilines is 2. The maximum atomic E-state index is 14.1. The molecule has 3 rings (SSSR count). The summed E-state index contributed by atoms with van der Waals surface area (Å²) in [6.45, 7) is 5.87. The van der Waals surface area contributed by atoms with E-state index >= 15 is 0 Å². The van der Waals surface area contributed by atoms with E-state index in [0.29, 0.717) is 51.9 Å². The fourth-order valence-electron chi connectivity index (χ4n) is 3.46. The summed E-state index contributed by atoms with van der Waals surface area (Å²) in [4.78, 5) is 21.1. The van der Waals surface area contributed by atoms with Crippen molar-refractivity contribution in [2.45, 2.75) is 51.7 Å². The molecule has 0 aliphatic carbocycles. The number of halogens is 2. The minimum absolute atomic E-state index is 0.0349. The van der Waals surface area contributed by atoms with Crippen LogP contribution in [0, 0.1) is 11.6 Å². The Balaban J connectivity index is 1.45. The SMILES string of the molecule is CC(C)OC(=O)N1CCC(ON=C2CCN(c3cc(F)c(N)cc3F)CC2)CC1. The van der Waals surface area contributed by atoms with Crippen molar-refractivity contribution in [1.82, 2.24) is 4.90 Å². The van der Waals surface area contributed by atoms with Gasteiger partial charge in [0.2, 0.25) is 0 Å². The largest absolute Gasteiger partial charge is 0.447 e. The highest BCUT2D eigenvalue weighted by molar-refractivity contribution is 5.86. The number of oxime groups is 1. The summed E-state index contributed by atoms with van der Waals surface area (Å²) < 4.78 is 32.9. The molecule has 29 heavy (non-hydrogen) atoms. The van der Waals surface area contributed by atoms with Crippen LogP contribution in [0.25, 0.3) is 0 Å². The highest BCUT2D eigenvalue weighted by atomic mass is 19.1. The number of nitrogen functional groups attached to an aromatic ring is 1. The van der Waals surface area contributed by atoms with Gasteiger partial charge in [-0.1, -0.05) is 5.16 Å². The van der Waals surface area contributed by atoms with E-state index in [0.717, 1.165) is 17.8 Å². The standard InChI is InChI=1S/C20H28F2N4O3/c1-13(2)28-20(27)26-9-5-15(6-10-26)29-24-14-3-7-25(8-4-14)19-12-16(21)18(23)11-17(19)22/h11-13,15H,3-10,23H2,1-2H3. The first-order valence-corrected chi connectivity index (χ1v) is 10.00. The number of rotatable bonds is 4. The first-order chi connectivity index (χ1) is 13.8. The summed E-state index contributed by atoms with van der Waals surface area (Å²) >= 11 is 0. The second-order valence-electron chi connectivity index (χ2n) is 7.69. The summed E-state index contributed by atoms with van der Waals surface area (Å²) in [6, 6.07) is 2.15. The highest BCUT2D eigenvalue weighted by Crippen LogP contribution is 2.27. The van der Waals surface area contributed by atoms with E-state index in [1.807, 2.05) is 13.8 Å². The zero-order valence-corrected chi connectivity index (χ0v) is 16.9. The van der Waals surface area contributed by atoms with Crippen LogP contribution in [0.2, 0.25) is 0 Å². The molecular formula is C20H28F2N4O3. The molecule has 1 aromatic carbocycles. The van der Waals surface area contributed by atoms with Crippen LogP contribution in [0.4, 0.5) is 25.0 Å². The number of benzene rings is 1. The van der Waals surface area contributed by atoms with Crippen molar-refractivity contribution < 1.29 is 23.1 Å². The molecule has 9 heteroatoms. The molecule has 2 saturated heterocycles. The number of carbonyl (C=O) groups is 1. The van der Waals surface area contributed by atoms with Crippen LogP contribution >= 0.6 is 0 Å². The number of nitrogens with two attached hydrogens (primary N) is 1. The smallest absolute Gasteiger partial charge is 0.410 e. The summed E-state index contributed by atoms with van der Waals surface area (Å²) in [5.74, 6) is -1.14. The van der Waals surface area contributed by atoms with Crippen molar-refractivity contribution in [2.75, 3.05) is 36.8 Å². The number of hydrogen-bond donors (Lipinski definition) is 1. The number of hydrogen-bond acceptors (Lipinski definition) is 6. The first-order valence-electron chi connectivity index (χ1n) is 10.00. The van der Waals surface area contributed by atoms with Gasteiger partial charge in [-0.15, -0.1) is 0 Å². The normalized spacial score (nSPS) is 18.2. The zero-order chi connectivity index (χ0) is 21.0. The Morgan fingerprint density at radius 3 is 2.41 bits per heavy atom. The van der Waals surface area contributed by atoms with Crippen LogP contribution in [0.1, 0.15) is 39.5 Å². The third-order valence-corrected chi connectivity index (χ3v) is 5.12. The van der Waals surface area contributed by atoms with Gasteiger partial charge in [-0.3, -0.25) is 0 Å². The summed E-state index contributed by atoms with van der Waals surface area (Å²) in [7, 11) is 0. The van der Waals surface area contributed by atoms with Gasteiger partial charge in [0.25, 0.3) is 0 Å². The van der Waals surface area contributed by atoms with Gasteiger partial charge in [0.15, 0.2) is 0 Å². The second kappa shape index (κ2) is 9.28. The highest BCUT2D eigenvalue weighted by Gasteiger charge is 2.26. The molecule has 0 saturated carbocycles. The van der Waals surface area contributed by atoms with Gasteiger partial charge in [0, 0.05) is 64.0 Å². The molecule has 1 amide bonds. The average molecular weight is 410 g/mol. The molecule has 7 nitrogen and oxygen atoms in total. The minimum atomic E-state index is -0.618. The van der Waals surface area contributed by atoms with Crippen LogP contribution in [0.5, 0.6) is 0 Å². The van der Waals surface area contributed by atoms with E-state index < -0.39 is 11.6 Å². The van der Waals surface area contributed by atoms with Crippen LogP contribution < -0.4 is 10.6 Å². The van der Waals surface area contributed by atoms with Gasteiger partial charge in [0.1, 0.15) is 17.7 Å². The van der Waals surface area contributed by atoms with Crippen LogP contribution in [0.3, 0.4) is 0 Å². The van der Waals surface area contributed by atoms with Crippen LogP contribution in [-0.4, -0.2) is 55.1 Å².